The van der Waals surface area contributed by atoms with E-state index in [1.807, 2.05) is 0 Å². The van der Waals surface area contributed by atoms with E-state index in [1.54, 1.807) is 44.0 Å². The summed E-state index contributed by atoms with van der Waals surface area (Å²) >= 11 is 0. The number of hydrogen-bond acceptors (Lipinski definition) is 8. The molecule has 2 N–H and O–H groups in total. The van der Waals surface area contributed by atoms with Gasteiger partial charge in [-0.25, -0.2) is 23.5 Å². The van der Waals surface area contributed by atoms with Crippen molar-refractivity contribution in [1.82, 2.24) is 29.7 Å². The summed E-state index contributed by atoms with van der Waals surface area (Å²) in [4.78, 5) is 42.7. The number of hydrogen-bond donors (Lipinski definition) is 2. The zero-order valence-electron chi connectivity index (χ0n) is 24.5. The zero-order valence-corrected chi connectivity index (χ0v) is 24.5. The van der Waals surface area contributed by atoms with Gasteiger partial charge in [-0.1, -0.05) is 6.58 Å². The van der Waals surface area contributed by atoms with Crippen molar-refractivity contribution >= 4 is 39.4 Å². The van der Waals surface area contributed by atoms with Crippen LogP contribution in [-0.4, -0.2) is 76.8 Å². The summed E-state index contributed by atoms with van der Waals surface area (Å²) in [5.41, 5.74) is 2.13. The van der Waals surface area contributed by atoms with Crippen LogP contribution in [0, 0.1) is 11.7 Å². The van der Waals surface area contributed by atoms with Gasteiger partial charge in [0, 0.05) is 69.5 Å². The molecule has 2 aliphatic rings. The van der Waals surface area contributed by atoms with E-state index >= 15 is 4.39 Å². The van der Waals surface area contributed by atoms with Crippen molar-refractivity contribution in [2.75, 3.05) is 45.2 Å². The first-order valence-electron chi connectivity index (χ1n) is 14.2. The van der Waals surface area contributed by atoms with E-state index in [-0.39, 0.29) is 40.4 Å². The highest BCUT2D eigenvalue weighted by molar-refractivity contribution is 6.02. The van der Waals surface area contributed by atoms with Crippen molar-refractivity contribution in [2.45, 2.75) is 19.4 Å². The van der Waals surface area contributed by atoms with Gasteiger partial charge in [0.15, 0.2) is 5.82 Å². The van der Waals surface area contributed by atoms with Crippen LogP contribution in [0.3, 0.4) is 0 Å². The lowest BCUT2D eigenvalue weighted by atomic mass is 10.0. The molecule has 2 saturated heterocycles. The molecular formula is C31H33F2N7O3. The number of H-pyrrole nitrogens is 1. The molecule has 224 valence electrons. The van der Waals surface area contributed by atoms with Crippen LogP contribution in [0.5, 0.6) is 0 Å². The van der Waals surface area contributed by atoms with Gasteiger partial charge in [-0.15, -0.1) is 0 Å². The first-order valence-corrected chi connectivity index (χ1v) is 14.2. The molecule has 0 saturated carbocycles. The number of aromatic amines is 1. The normalized spacial score (nSPS) is 18.9. The molecule has 2 aliphatic heterocycles. The number of aromatic nitrogens is 4. The minimum atomic E-state index is -0.723. The quantitative estimate of drug-likeness (QED) is 0.246. The Morgan fingerprint density at radius 1 is 1.28 bits per heavy atom. The first-order chi connectivity index (χ1) is 20.6. The number of rotatable bonds is 7. The third kappa shape index (κ3) is 4.75. The highest BCUT2D eigenvalue weighted by atomic mass is 19.1. The largest absolute Gasteiger partial charge is 0.462 e. The van der Waals surface area contributed by atoms with Gasteiger partial charge < -0.3 is 29.4 Å². The molecule has 0 aromatic carbocycles. The number of nitrogens with one attached hydrogen (secondary N) is 2. The molecule has 0 aliphatic carbocycles. The number of carbonyl (C=O) groups is 1. The first kappa shape index (κ1) is 28.5. The fraction of sp³-hybridized carbons (Fsp3) is 0.355. The van der Waals surface area contributed by atoms with E-state index in [2.05, 4.69) is 43.7 Å². The predicted molar refractivity (Wildman–Crippen MR) is 162 cm³/mol. The van der Waals surface area contributed by atoms with Crippen molar-refractivity contribution in [1.29, 1.82) is 0 Å². The van der Waals surface area contributed by atoms with Crippen LogP contribution in [0.2, 0.25) is 0 Å². The summed E-state index contributed by atoms with van der Waals surface area (Å²) in [6.45, 7) is 7.56. The van der Waals surface area contributed by atoms with Gasteiger partial charge in [-0.2, -0.15) is 0 Å². The number of carbonyl (C=O) groups excluding carboxylic acids is 1. The SMILES string of the molecule is C=C(F)/C=C(/NC)c1[nH]c2ncc(-c3cnc4c(c3)c(=O)c(C(=O)OCC)cn4C)c(N3CCC4CN(C)CC43)c2c1F. The van der Waals surface area contributed by atoms with E-state index < -0.39 is 23.0 Å². The van der Waals surface area contributed by atoms with Crippen LogP contribution in [0.25, 0.3) is 38.9 Å². The second kappa shape index (κ2) is 10.9. The highest BCUT2D eigenvalue weighted by Crippen LogP contribution is 2.44. The second-order valence-electron chi connectivity index (χ2n) is 11.1. The topological polar surface area (TPSA) is 108 Å². The van der Waals surface area contributed by atoms with Crippen LogP contribution in [-0.2, 0) is 11.8 Å². The molecule has 2 atom stereocenters. The summed E-state index contributed by atoms with van der Waals surface area (Å²) in [6, 6.07) is 1.82. The summed E-state index contributed by atoms with van der Waals surface area (Å²) in [5.74, 6) is -1.60. The summed E-state index contributed by atoms with van der Waals surface area (Å²) in [5, 5.41) is 3.34. The van der Waals surface area contributed by atoms with Crippen LogP contribution >= 0.6 is 0 Å². The fourth-order valence-electron chi connectivity index (χ4n) is 6.54. The number of anilines is 1. The van der Waals surface area contributed by atoms with Crippen LogP contribution in [0.1, 0.15) is 29.4 Å². The predicted octanol–water partition coefficient (Wildman–Crippen LogP) is 3.98. The van der Waals surface area contributed by atoms with Gasteiger partial charge in [0.1, 0.15) is 28.4 Å². The monoisotopic (exact) mass is 589 g/mol. The summed E-state index contributed by atoms with van der Waals surface area (Å²) in [6.07, 6.45) is 6.76. The Labute approximate surface area is 246 Å². The maximum absolute atomic E-state index is 16.5. The molecule has 4 aromatic heterocycles. The minimum Gasteiger partial charge on any atom is -0.462 e. The fourth-order valence-corrected chi connectivity index (χ4v) is 6.54. The Kier molecular flexibility index (Phi) is 7.25. The molecule has 0 bridgehead atoms. The second-order valence-corrected chi connectivity index (χ2v) is 11.1. The van der Waals surface area contributed by atoms with Crippen LogP contribution < -0.4 is 15.6 Å². The number of allylic oxidation sites excluding steroid dienone is 2. The van der Waals surface area contributed by atoms with Gasteiger partial charge in [-0.05, 0) is 38.5 Å². The van der Waals surface area contributed by atoms with E-state index in [0.29, 0.717) is 40.6 Å². The Morgan fingerprint density at radius 2 is 2.07 bits per heavy atom. The number of aryl methyl sites for hydroxylation is 1. The van der Waals surface area contributed by atoms with Crippen molar-refractivity contribution < 1.29 is 18.3 Å². The lowest BCUT2D eigenvalue weighted by molar-refractivity contribution is 0.0524. The molecule has 43 heavy (non-hydrogen) atoms. The lowest BCUT2D eigenvalue weighted by Crippen LogP contribution is -2.35. The Morgan fingerprint density at radius 3 is 2.79 bits per heavy atom. The Hall–Kier alpha value is -4.58. The van der Waals surface area contributed by atoms with E-state index in [9.17, 15) is 14.0 Å². The average molecular weight is 590 g/mol. The van der Waals surface area contributed by atoms with Crippen molar-refractivity contribution in [3.63, 3.8) is 0 Å². The number of likely N-dealkylation sites (N-methyl/N-ethyl adjacent to an activating group) is 1. The van der Waals surface area contributed by atoms with E-state index in [0.717, 1.165) is 25.6 Å². The number of halogens is 2. The van der Waals surface area contributed by atoms with Gasteiger partial charge in [0.05, 0.1) is 28.8 Å². The van der Waals surface area contributed by atoms with Gasteiger partial charge in [0.25, 0.3) is 0 Å². The average Bonchev–Trinajstić information content (AvgIpc) is 3.64. The zero-order chi connectivity index (χ0) is 30.6. The Bertz CT molecular complexity index is 1880. The van der Waals surface area contributed by atoms with E-state index in [1.165, 1.54) is 6.20 Å². The van der Waals surface area contributed by atoms with E-state index in [4.69, 9.17) is 4.74 Å². The number of ether oxygens (including phenoxy) is 1. The molecule has 0 amide bonds. The number of esters is 1. The molecule has 12 heteroatoms. The third-order valence-corrected chi connectivity index (χ3v) is 8.41. The number of pyridine rings is 3. The van der Waals surface area contributed by atoms with Crippen molar-refractivity contribution in [3.8, 4) is 11.1 Å². The summed E-state index contributed by atoms with van der Waals surface area (Å²) < 4.78 is 37.0. The maximum Gasteiger partial charge on any atom is 0.343 e. The van der Waals surface area contributed by atoms with Crippen molar-refractivity contribution in [2.24, 2.45) is 13.0 Å². The van der Waals surface area contributed by atoms with Gasteiger partial charge in [-0.3, -0.25) is 4.79 Å². The van der Waals surface area contributed by atoms with Crippen molar-refractivity contribution in [3.05, 3.63) is 70.4 Å². The Balaban J connectivity index is 1.61. The molecule has 0 spiro atoms. The molecule has 10 nitrogen and oxygen atoms in total. The molecule has 2 fully saturated rings. The molecule has 6 rings (SSSR count). The van der Waals surface area contributed by atoms with Gasteiger partial charge >= 0.3 is 5.97 Å². The standard InChI is InChI=1S/C31H33F2N7O3/c1-6-43-31(42)21-14-39(5)30-19(28(21)41)10-18(11-36-30)20-12-35-29-24(25(33)26(37-29)22(34-3)9-16(2)32)27(20)40-8-7-17-13-38(4)15-23(17)40/h9-12,14,17,23,34H,2,6-8,13,15H2,1,3-5H3,(H,35,37)/b22-9+. The van der Waals surface area contributed by atoms with Crippen LogP contribution in [0.4, 0.5) is 14.5 Å². The summed E-state index contributed by atoms with van der Waals surface area (Å²) in [7, 11) is 5.35. The lowest BCUT2D eigenvalue weighted by Gasteiger charge is -2.29. The van der Waals surface area contributed by atoms with Gasteiger partial charge in [0.2, 0.25) is 5.43 Å². The number of nitrogens with zero attached hydrogens (tertiary/aromatic N) is 5. The smallest absolute Gasteiger partial charge is 0.343 e. The number of likely N-dealkylation sites (tertiary alicyclic amines) is 1. The van der Waals surface area contributed by atoms with Crippen LogP contribution in [0.15, 0.2) is 47.9 Å². The highest BCUT2D eigenvalue weighted by Gasteiger charge is 2.42. The third-order valence-electron chi connectivity index (χ3n) is 8.41. The molecule has 2 unspecified atom stereocenters. The molecular weight excluding hydrogens is 556 g/mol. The molecule has 0 radical (unpaired) electrons. The number of fused-ring (bicyclic) bond motifs is 3. The molecule has 6 heterocycles. The molecule has 4 aromatic rings. The maximum atomic E-state index is 16.5. The minimum absolute atomic E-state index is 0.0612.